The van der Waals surface area contributed by atoms with Crippen LogP contribution in [0.2, 0.25) is 5.02 Å². The third-order valence-electron chi connectivity index (χ3n) is 4.31. The first kappa shape index (κ1) is 21.9. The van der Waals surface area contributed by atoms with Gasteiger partial charge in [0.2, 0.25) is 10.0 Å². The summed E-state index contributed by atoms with van der Waals surface area (Å²) in [7, 11) is -3.84. The van der Waals surface area contributed by atoms with E-state index in [2.05, 4.69) is 6.58 Å². The molecule has 2 unspecified atom stereocenters. The molecule has 0 saturated carbocycles. The lowest BCUT2D eigenvalue weighted by molar-refractivity contribution is -0.0440. The number of benzene rings is 1. The lowest BCUT2D eigenvalue weighted by atomic mass is 10.2. The summed E-state index contributed by atoms with van der Waals surface area (Å²) in [6.45, 7) is 12.6. The van der Waals surface area contributed by atoms with Crippen LogP contribution in [-0.2, 0) is 14.8 Å². The van der Waals surface area contributed by atoms with E-state index in [1.165, 1.54) is 16.4 Å². The molecular formula is C19H27ClN2O4S. The number of likely N-dealkylation sites (N-methyl/N-ethyl adjacent to an activating group) is 1. The molecule has 1 aromatic carbocycles. The van der Waals surface area contributed by atoms with Gasteiger partial charge in [0, 0.05) is 31.7 Å². The van der Waals surface area contributed by atoms with Crippen LogP contribution in [0.3, 0.4) is 0 Å². The normalized spacial score (nSPS) is 21.1. The van der Waals surface area contributed by atoms with Crippen molar-refractivity contribution in [3.8, 4) is 0 Å². The SMILES string of the molecule is C=C(C)CN(CC)C(=O)c1ccc(Cl)c(S(=O)(=O)N2CC(C)OC(C)C2)c1. The number of amides is 1. The third-order valence-corrected chi connectivity index (χ3v) is 6.62. The van der Waals surface area contributed by atoms with Crippen LogP contribution < -0.4 is 0 Å². The number of hydrogen-bond acceptors (Lipinski definition) is 4. The molecule has 1 aliphatic heterocycles. The van der Waals surface area contributed by atoms with Crippen LogP contribution in [0.5, 0.6) is 0 Å². The molecule has 0 spiro atoms. The fraction of sp³-hybridized carbons (Fsp3) is 0.526. The topological polar surface area (TPSA) is 66.9 Å². The summed E-state index contributed by atoms with van der Waals surface area (Å²) in [6.07, 6.45) is -0.420. The highest BCUT2D eigenvalue weighted by Gasteiger charge is 2.34. The second-order valence-corrected chi connectivity index (χ2v) is 9.31. The first-order valence-corrected chi connectivity index (χ1v) is 10.8. The van der Waals surface area contributed by atoms with Gasteiger partial charge in [-0.3, -0.25) is 4.79 Å². The lowest BCUT2D eigenvalue weighted by Gasteiger charge is -2.34. The number of halogens is 1. The van der Waals surface area contributed by atoms with Crippen molar-refractivity contribution < 1.29 is 17.9 Å². The zero-order valence-corrected chi connectivity index (χ0v) is 17.8. The Morgan fingerprint density at radius 1 is 1.33 bits per heavy atom. The molecule has 0 N–H and O–H groups in total. The van der Waals surface area contributed by atoms with Gasteiger partial charge in [0.15, 0.2) is 0 Å². The van der Waals surface area contributed by atoms with Crippen molar-refractivity contribution in [1.29, 1.82) is 0 Å². The van der Waals surface area contributed by atoms with E-state index in [1.54, 1.807) is 11.0 Å². The molecule has 1 heterocycles. The zero-order chi connectivity index (χ0) is 20.4. The Hall–Kier alpha value is -1.41. The van der Waals surface area contributed by atoms with E-state index in [0.29, 0.717) is 13.1 Å². The molecule has 1 fully saturated rings. The van der Waals surface area contributed by atoms with E-state index in [0.717, 1.165) is 5.57 Å². The van der Waals surface area contributed by atoms with Crippen LogP contribution >= 0.6 is 11.6 Å². The Morgan fingerprint density at radius 2 is 1.93 bits per heavy atom. The molecule has 150 valence electrons. The fourth-order valence-corrected chi connectivity index (χ4v) is 5.23. The first-order chi connectivity index (χ1) is 12.6. The number of carbonyl (C=O) groups is 1. The molecule has 27 heavy (non-hydrogen) atoms. The Morgan fingerprint density at radius 3 is 2.44 bits per heavy atom. The summed E-state index contributed by atoms with van der Waals surface area (Å²) in [4.78, 5) is 14.4. The molecule has 0 aromatic heterocycles. The van der Waals surface area contributed by atoms with Gasteiger partial charge in [-0.05, 0) is 45.9 Å². The predicted molar refractivity (Wildman–Crippen MR) is 107 cm³/mol. The van der Waals surface area contributed by atoms with Gasteiger partial charge >= 0.3 is 0 Å². The largest absolute Gasteiger partial charge is 0.373 e. The molecule has 6 nitrogen and oxygen atoms in total. The quantitative estimate of drug-likeness (QED) is 0.670. The van der Waals surface area contributed by atoms with Gasteiger partial charge < -0.3 is 9.64 Å². The molecule has 1 aliphatic rings. The molecule has 1 saturated heterocycles. The maximum atomic E-state index is 13.1. The molecule has 2 atom stereocenters. The van der Waals surface area contributed by atoms with Crippen LogP contribution in [0, 0.1) is 0 Å². The Labute approximate surface area is 166 Å². The van der Waals surface area contributed by atoms with Gasteiger partial charge in [-0.25, -0.2) is 8.42 Å². The Kier molecular flexibility index (Phi) is 7.08. The highest BCUT2D eigenvalue weighted by atomic mass is 35.5. The van der Waals surface area contributed by atoms with Crippen molar-refractivity contribution in [1.82, 2.24) is 9.21 Å². The van der Waals surface area contributed by atoms with Crippen molar-refractivity contribution in [3.05, 3.63) is 40.9 Å². The summed E-state index contributed by atoms with van der Waals surface area (Å²) in [5.41, 5.74) is 1.14. The van der Waals surface area contributed by atoms with Crippen molar-refractivity contribution in [2.45, 2.75) is 44.8 Å². The van der Waals surface area contributed by atoms with Crippen LogP contribution in [0.25, 0.3) is 0 Å². The standard InChI is InChI=1S/C19H27ClN2O4S/c1-6-21(10-13(2)3)19(23)16-7-8-17(20)18(9-16)27(24,25)22-11-14(4)26-15(5)12-22/h7-9,14-15H,2,6,10-12H2,1,3-5H3. The molecule has 8 heteroatoms. The van der Waals surface area contributed by atoms with Crippen LogP contribution in [0.15, 0.2) is 35.2 Å². The molecule has 1 amide bonds. The van der Waals surface area contributed by atoms with Gasteiger partial charge in [0.25, 0.3) is 5.91 Å². The van der Waals surface area contributed by atoms with Crippen molar-refractivity contribution in [2.75, 3.05) is 26.2 Å². The highest BCUT2D eigenvalue weighted by Crippen LogP contribution is 2.28. The van der Waals surface area contributed by atoms with Gasteiger partial charge in [-0.2, -0.15) is 4.31 Å². The summed E-state index contributed by atoms with van der Waals surface area (Å²) >= 11 is 6.20. The maximum Gasteiger partial charge on any atom is 0.254 e. The summed E-state index contributed by atoms with van der Waals surface area (Å²) in [6, 6.07) is 4.38. The number of sulfonamides is 1. The molecule has 0 radical (unpaired) electrons. The van der Waals surface area contributed by atoms with Gasteiger partial charge in [-0.1, -0.05) is 23.8 Å². The average Bonchev–Trinajstić information content (AvgIpc) is 2.58. The number of carbonyl (C=O) groups excluding carboxylic acids is 1. The Balaban J connectivity index is 2.39. The third kappa shape index (κ3) is 5.10. The second kappa shape index (κ2) is 8.73. The number of nitrogens with zero attached hydrogens (tertiary/aromatic N) is 2. The van der Waals surface area contributed by atoms with E-state index in [1.807, 2.05) is 27.7 Å². The second-order valence-electron chi connectivity index (χ2n) is 7.00. The van der Waals surface area contributed by atoms with Gasteiger partial charge in [0.05, 0.1) is 17.2 Å². The van der Waals surface area contributed by atoms with E-state index in [9.17, 15) is 13.2 Å². The first-order valence-electron chi connectivity index (χ1n) is 8.95. The smallest absolute Gasteiger partial charge is 0.254 e. The summed E-state index contributed by atoms with van der Waals surface area (Å²) in [5.74, 6) is -0.252. The predicted octanol–water partition coefficient (Wildman–Crippen LogP) is 3.18. The van der Waals surface area contributed by atoms with E-state index in [4.69, 9.17) is 16.3 Å². The van der Waals surface area contributed by atoms with Crippen LogP contribution in [-0.4, -0.2) is 61.9 Å². The fourth-order valence-electron chi connectivity index (χ4n) is 3.14. The number of ether oxygens (including phenoxy) is 1. The van der Waals surface area contributed by atoms with Crippen molar-refractivity contribution in [3.63, 3.8) is 0 Å². The molecule has 1 aromatic rings. The molecule has 2 rings (SSSR count). The van der Waals surface area contributed by atoms with Gasteiger partial charge in [-0.15, -0.1) is 0 Å². The lowest BCUT2D eigenvalue weighted by Crippen LogP contribution is -2.48. The number of hydrogen-bond donors (Lipinski definition) is 0. The highest BCUT2D eigenvalue weighted by molar-refractivity contribution is 7.89. The Bertz CT molecular complexity index is 815. The minimum absolute atomic E-state index is 0.0531. The van der Waals surface area contributed by atoms with Crippen molar-refractivity contribution in [2.24, 2.45) is 0 Å². The maximum absolute atomic E-state index is 13.1. The summed E-state index contributed by atoms with van der Waals surface area (Å²) < 4.78 is 33.3. The average molecular weight is 415 g/mol. The van der Waals surface area contributed by atoms with E-state index < -0.39 is 10.0 Å². The number of morpholine rings is 1. The van der Waals surface area contributed by atoms with Gasteiger partial charge in [0.1, 0.15) is 4.90 Å². The molecular weight excluding hydrogens is 388 g/mol. The number of rotatable bonds is 6. The minimum Gasteiger partial charge on any atom is -0.373 e. The molecule has 0 aliphatic carbocycles. The monoisotopic (exact) mass is 414 g/mol. The van der Waals surface area contributed by atoms with E-state index >= 15 is 0 Å². The van der Waals surface area contributed by atoms with Crippen molar-refractivity contribution >= 4 is 27.5 Å². The summed E-state index contributed by atoms with van der Waals surface area (Å²) in [5, 5.41) is 0.0984. The zero-order valence-electron chi connectivity index (χ0n) is 16.2. The van der Waals surface area contributed by atoms with Crippen LogP contribution in [0.4, 0.5) is 0 Å². The minimum atomic E-state index is -3.84. The van der Waals surface area contributed by atoms with Crippen LogP contribution in [0.1, 0.15) is 38.1 Å². The van der Waals surface area contributed by atoms with E-state index in [-0.39, 0.29) is 46.7 Å². The molecule has 0 bridgehead atoms.